The van der Waals surface area contributed by atoms with Crippen molar-refractivity contribution in [2.24, 2.45) is 0 Å². The van der Waals surface area contributed by atoms with Gasteiger partial charge < -0.3 is 5.32 Å². The minimum Gasteiger partial charge on any atom is -0.306 e. The van der Waals surface area contributed by atoms with Crippen molar-refractivity contribution >= 4 is 11.6 Å². The number of benzene rings is 2. The first kappa shape index (κ1) is 13.1. The zero-order valence-corrected chi connectivity index (χ0v) is 11.5. The molecule has 1 unspecified atom stereocenters. The predicted octanol–water partition coefficient (Wildman–Crippen LogP) is 4.50. The van der Waals surface area contributed by atoms with Gasteiger partial charge in [0.1, 0.15) is 0 Å². The molecule has 0 saturated heterocycles. The van der Waals surface area contributed by atoms with Crippen LogP contribution in [-0.2, 0) is 6.54 Å². The van der Waals surface area contributed by atoms with Crippen molar-refractivity contribution in [3.63, 3.8) is 0 Å². The highest BCUT2D eigenvalue weighted by Gasteiger charge is 2.05. The first-order valence-electron chi connectivity index (χ1n) is 6.20. The van der Waals surface area contributed by atoms with E-state index in [2.05, 4.69) is 49.5 Å². The van der Waals surface area contributed by atoms with E-state index in [4.69, 9.17) is 11.6 Å². The first-order valence-corrected chi connectivity index (χ1v) is 6.58. The molecule has 0 amide bonds. The lowest BCUT2D eigenvalue weighted by atomic mass is 10.1. The highest BCUT2D eigenvalue weighted by Crippen LogP contribution is 2.17. The molecule has 0 heterocycles. The van der Waals surface area contributed by atoms with E-state index >= 15 is 0 Å². The van der Waals surface area contributed by atoms with Gasteiger partial charge in [-0.15, -0.1) is 0 Å². The Labute approximate surface area is 114 Å². The van der Waals surface area contributed by atoms with Gasteiger partial charge in [-0.05, 0) is 42.7 Å². The van der Waals surface area contributed by atoms with Crippen LogP contribution in [0.25, 0.3) is 0 Å². The second-order valence-electron chi connectivity index (χ2n) is 4.58. The molecule has 1 nitrogen and oxygen atoms in total. The molecule has 0 aliphatic rings. The molecule has 1 N–H and O–H groups in total. The number of hydrogen-bond donors (Lipinski definition) is 1. The van der Waals surface area contributed by atoms with Crippen LogP contribution in [0.4, 0.5) is 0 Å². The first-order chi connectivity index (χ1) is 8.66. The van der Waals surface area contributed by atoms with Crippen molar-refractivity contribution in [3.8, 4) is 0 Å². The molecule has 0 aromatic heterocycles. The van der Waals surface area contributed by atoms with Gasteiger partial charge in [-0.1, -0.05) is 48.0 Å². The van der Waals surface area contributed by atoms with Gasteiger partial charge in [0.2, 0.25) is 0 Å². The van der Waals surface area contributed by atoms with E-state index in [9.17, 15) is 0 Å². The molecule has 2 heteroatoms. The quantitative estimate of drug-likeness (QED) is 0.853. The monoisotopic (exact) mass is 259 g/mol. The fourth-order valence-corrected chi connectivity index (χ4v) is 2.21. The molecule has 0 aliphatic carbocycles. The molecule has 0 aliphatic heterocycles. The van der Waals surface area contributed by atoms with E-state index < -0.39 is 0 Å². The maximum absolute atomic E-state index is 5.96. The van der Waals surface area contributed by atoms with Gasteiger partial charge in [0.25, 0.3) is 0 Å². The minimum absolute atomic E-state index is 0.348. The maximum atomic E-state index is 5.96. The highest BCUT2D eigenvalue weighted by molar-refractivity contribution is 6.30. The lowest BCUT2D eigenvalue weighted by Crippen LogP contribution is -2.18. The summed E-state index contributed by atoms with van der Waals surface area (Å²) in [5.74, 6) is 0. The smallest absolute Gasteiger partial charge is 0.0408 e. The lowest BCUT2D eigenvalue weighted by molar-refractivity contribution is 0.573. The van der Waals surface area contributed by atoms with Crippen LogP contribution in [0.2, 0.25) is 5.02 Å². The van der Waals surface area contributed by atoms with Crippen LogP contribution in [0.1, 0.15) is 29.7 Å². The normalized spacial score (nSPS) is 12.4. The van der Waals surface area contributed by atoms with Gasteiger partial charge in [-0.25, -0.2) is 0 Å². The summed E-state index contributed by atoms with van der Waals surface area (Å²) in [6.07, 6.45) is 0. The molecule has 2 aromatic carbocycles. The average Bonchev–Trinajstić information content (AvgIpc) is 2.38. The Balaban J connectivity index is 1.99. The highest BCUT2D eigenvalue weighted by atomic mass is 35.5. The largest absolute Gasteiger partial charge is 0.306 e. The summed E-state index contributed by atoms with van der Waals surface area (Å²) in [5.41, 5.74) is 3.83. The summed E-state index contributed by atoms with van der Waals surface area (Å²) < 4.78 is 0. The van der Waals surface area contributed by atoms with Gasteiger partial charge in [-0.3, -0.25) is 0 Å². The van der Waals surface area contributed by atoms with Crippen LogP contribution in [0.3, 0.4) is 0 Å². The summed E-state index contributed by atoms with van der Waals surface area (Å²) in [7, 11) is 0. The molecular formula is C16H18ClN. The standard InChI is InChI=1S/C16H18ClN/c1-12-10-16(17)9-8-15(12)11-18-13(2)14-6-4-3-5-7-14/h3-10,13,18H,11H2,1-2H3. The molecule has 0 saturated carbocycles. The second-order valence-corrected chi connectivity index (χ2v) is 5.02. The Morgan fingerprint density at radius 2 is 1.83 bits per heavy atom. The Morgan fingerprint density at radius 1 is 1.11 bits per heavy atom. The van der Waals surface area contributed by atoms with E-state index in [-0.39, 0.29) is 0 Å². The molecule has 94 valence electrons. The van der Waals surface area contributed by atoms with E-state index in [0.717, 1.165) is 11.6 Å². The number of hydrogen-bond acceptors (Lipinski definition) is 1. The van der Waals surface area contributed by atoms with E-state index in [1.807, 2.05) is 18.2 Å². The minimum atomic E-state index is 0.348. The molecule has 18 heavy (non-hydrogen) atoms. The van der Waals surface area contributed by atoms with Gasteiger partial charge in [0, 0.05) is 17.6 Å². The third kappa shape index (κ3) is 3.34. The van der Waals surface area contributed by atoms with Crippen LogP contribution < -0.4 is 5.32 Å². The van der Waals surface area contributed by atoms with Crippen molar-refractivity contribution in [1.29, 1.82) is 0 Å². The summed E-state index contributed by atoms with van der Waals surface area (Å²) >= 11 is 5.96. The van der Waals surface area contributed by atoms with Crippen molar-refractivity contribution in [2.75, 3.05) is 0 Å². The van der Waals surface area contributed by atoms with Crippen LogP contribution in [0.5, 0.6) is 0 Å². The molecule has 2 rings (SSSR count). The van der Waals surface area contributed by atoms with Crippen molar-refractivity contribution in [3.05, 3.63) is 70.2 Å². The Morgan fingerprint density at radius 3 is 2.50 bits per heavy atom. The lowest BCUT2D eigenvalue weighted by Gasteiger charge is -2.15. The Hall–Kier alpha value is -1.31. The van der Waals surface area contributed by atoms with Crippen molar-refractivity contribution in [1.82, 2.24) is 5.32 Å². The number of aryl methyl sites for hydroxylation is 1. The number of rotatable bonds is 4. The SMILES string of the molecule is Cc1cc(Cl)ccc1CNC(C)c1ccccc1. The van der Waals surface area contributed by atoms with Crippen LogP contribution in [0.15, 0.2) is 48.5 Å². The molecule has 0 fully saturated rings. The fraction of sp³-hybridized carbons (Fsp3) is 0.250. The van der Waals surface area contributed by atoms with Gasteiger partial charge in [0.15, 0.2) is 0 Å². The third-order valence-corrected chi connectivity index (χ3v) is 3.44. The maximum Gasteiger partial charge on any atom is 0.0408 e. The van der Waals surface area contributed by atoms with Gasteiger partial charge in [-0.2, -0.15) is 0 Å². The van der Waals surface area contributed by atoms with Crippen LogP contribution >= 0.6 is 11.6 Å². The summed E-state index contributed by atoms with van der Waals surface area (Å²) in [5, 5.41) is 4.33. The zero-order valence-electron chi connectivity index (χ0n) is 10.8. The Bertz CT molecular complexity index is 508. The molecule has 0 spiro atoms. The number of nitrogens with one attached hydrogen (secondary N) is 1. The average molecular weight is 260 g/mol. The van der Waals surface area contributed by atoms with E-state index in [1.165, 1.54) is 16.7 Å². The second kappa shape index (κ2) is 6.03. The fourth-order valence-electron chi connectivity index (χ4n) is 1.98. The molecular weight excluding hydrogens is 242 g/mol. The van der Waals surface area contributed by atoms with Crippen LogP contribution in [0, 0.1) is 6.92 Å². The summed E-state index contributed by atoms with van der Waals surface area (Å²) in [6, 6.07) is 16.9. The van der Waals surface area contributed by atoms with E-state index in [0.29, 0.717) is 6.04 Å². The van der Waals surface area contributed by atoms with Gasteiger partial charge in [0.05, 0.1) is 0 Å². The van der Waals surface area contributed by atoms with Crippen molar-refractivity contribution in [2.45, 2.75) is 26.4 Å². The molecule has 2 aromatic rings. The van der Waals surface area contributed by atoms with E-state index in [1.54, 1.807) is 0 Å². The molecule has 0 radical (unpaired) electrons. The van der Waals surface area contributed by atoms with Crippen molar-refractivity contribution < 1.29 is 0 Å². The summed E-state index contributed by atoms with van der Waals surface area (Å²) in [6.45, 7) is 5.13. The number of halogens is 1. The topological polar surface area (TPSA) is 12.0 Å². The van der Waals surface area contributed by atoms with Crippen LogP contribution in [-0.4, -0.2) is 0 Å². The zero-order chi connectivity index (χ0) is 13.0. The molecule has 0 bridgehead atoms. The molecule has 1 atom stereocenters. The summed E-state index contributed by atoms with van der Waals surface area (Å²) in [4.78, 5) is 0. The Kier molecular flexibility index (Phi) is 4.40. The predicted molar refractivity (Wildman–Crippen MR) is 77.9 cm³/mol. The van der Waals surface area contributed by atoms with Gasteiger partial charge >= 0.3 is 0 Å². The third-order valence-electron chi connectivity index (χ3n) is 3.20.